The van der Waals surface area contributed by atoms with Gasteiger partial charge in [0, 0.05) is 16.2 Å². The van der Waals surface area contributed by atoms with Gasteiger partial charge in [-0.05, 0) is 107 Å². The Morgan fingerprint density at radius 3 is 0.592 bits per heavy atom. The van der Waals surface area contributed by atoms with Crippen molar-refractivity contribution in [2.75, 3.05) is 0 Å². The number of hydrogen-bond donors (Lipinski definition) is 0. The van der Waals surface area contributed by atoms with Gasteiger partial charge in [-0.3, -0.25) is 0 Å². The standard InChI is InChI=1S/C36H48.C5H5.F6P.Fe/c1-10-19-34(20-11-2,21-12-3)31-28-32(35(22-13-4,23-14-5)24-15-6)30-33(29-31)36(25-16-7,26-17-8)27-18-9;1-2-4-5-3-1;1-7(2,3,4,5)6;/h10-18,28-30H,1-9,19-27H2;1-5H;;/q;;-1;+2. The van der Waals surface area contributed by atoms with Gasteiger partial charge in [-0.25, -0.2) is 0 Å². The first-order chi connectivity index (χ1) is 22.3. The zero-order chi connectivity index (χ0) is 37.0. The van der Waals surface area contributed by atoms with Crippen LogP contribution in [0.5, 0.6) is 0 Å². The van der Waals surface area contributed by atoms with Gasteiger partial charge in [0.2, 0.25) is 0 Å². The van der Waals surface area contributed by atoms with Crippen LogP contribution >= 0.6 is 7.81 Å². The van der Waals surface area contributed by atoms with Gasteiger partial charge in [-0.2, -0.15) is 0 Å². The molecule has 1 saturated carbocycles. The summed E-state index contributed by atoms with van der Waals surface area (Å²) < 4.78 is 59.2. The third kappa shape index (κ3) is 18.3. The molecule has 1 aliphatic rings. The van der Waals surface area contributed by atoms with Crippen LogP contribution in [0.2, 0.25) is 0 Å². The second-order valence-corrected chi connectivity index (χ2v) is 13.9. The van der Waals surface area contributed by atoms with E-state index in [-0.39, 0.29) is 33.3 Å². The third-order valence-electron chi connectivity index (χ3n) is 8.14. The zero-order valence-corrected chi connectivity index (χ0v) is 30.6. The molecule has 0 bridgehead atoms. The number of allylic oxidation sites excluding steroid dienone is 9. The molecule has 1 aromatic rings. The van der Waals surface area contributed by atoms with E-state index in [0.29, 0.717) is 0 Å². The summed E-state index contributed by atoms with van der Waals surface area (Å²) >= 11 is 0. The van der Waals surface area contributed by atoms with Crippen LogP contribution < -0.4 is 0 Å². The maximum atomic E-state index is 9.87. The van der Waals surface area contributed by atoms with Crippen LogP contribution in [-0.4, -0.2) is 0 Å². The normalized spacial score (nSPS) is 14.3. The molecule has 0 saturated heterocycles. The van der Waals surface area contributed by atoms with Crippen molar-refractivity contribution < 1.29 is 42.3 Å². The topological polar surface area (TPSA) is 0 Å². The quantitative estimate of drug-likeness (QED) is 0.0509. The van der Waals surface area contributed by atoms with E-state index < -0.39 is 7.81 Å². The van der Waals surface area contributed by atoms with Gasteiger partial charge in [0.25, 0.3) is 0 Å². The van der Waals surface area contributed by atoms with E-state index in [4.69, 9.17) is 0 Å². The fourth-order valence-corrected chi connectivity index (χ4v) is 6.16. The van der Waals surface area contributed by atoms with Crippen LogP contribution in [0.4, 0.5) is 25.2 Å². The molecular weight excluding hydrogens is 693 g/mol. The molecule has 8 heteroatoms. The number of halogens is 6. The average Bonchev–Trinajstić information content (AvgIpc) is 3.57. The van der Waals surface area contributed by atoms with Crippen molar-refractivity contribution in [3.05, 3.63) is 181 Å². The van der Waals surface area contributed by atoms with Crippen molar-refractivity contribution in [1.82, 2.24) is 0 Å². The number of rotatable bonds is 21. The minimum Gasteiger partial charge on any atom is -0.0312 e. The van der Waals surface area contributed by atoms with E-state index in [0.717, 1.165) is 57.8 Å². The van der Waals surface area contributed by atoms with Gasteiger partial charge in [-0.1, -0.05) is 72.9 Å². The molecular formula is C41H53F6FeP+. The first kappa shape index (κ1) is 48.5. The van der Waals surface area contributed by atoms with E-state index in [1.807, 2.05) is 86.8 Å². The van der Waals surface area contributed by atoms with Gasteiger partial charge in [-0.15, -0.1) is 59.2 Å². The molecule has 0 aliphatic heterocycles. The monoisotopic (exact) mass is 746 g/mol. The minimum atomic E-state index is -10.7. The van der Waals surface area contributed by atoms with Gasteiger partial charge >= 0.3 is 50.1 Å². The summed E-state index contributed by atoms with van der Waals surface area (Å²) in [4.78, 5) is 0. The Morgan fingerprint density at radius 2 is 0.490 bits per heavy atom. The predicted octanol–water partition coefficient (Wildman–Crippen LogP) is 15.0. The Balaban J connectivity index is 0. The van der Waals surface area contributed by atoms with Crippen molar-refractivity contribution in [2.24, 2.45) is 0 Å². The Labute approximate surface area is 304 Å². The van der Waals surface area contributed by atoms with Crippen LogP contribution in [0.15, 0.2) is 132 Å². The predicted molar refractivity (Wildman–Crippen MR) is 200 cm³/mol. The molecule has 0 nitrogen and oxygen atoms in total. The molecule has 0 heterocycles. The largest absolute Gasteiger partial charge is 2.00 e. The Morgan fingerprint density at radius 1 is 0.367 bits per heavy atom. The fourth-order valence-electron chi connectivity index (χ4n) is 6.16. The van der Waals surface area contributed by atoms with E-state index in [2.05, 4.69) is 77.4 Å². The summed E-state index contributed by atoms with van der Waals surface area (Å²) in [7, 11) is -10.7. The molecule has 0 amide bonds. The third-order valence-corrected chi connectivity index (χ3v) is 8.14. The number of hydrogen-bond acceptors (Lipinski definition) is 0. The van der Waals surface area contributed by atoms with Crippen LogP contribution in [0.25, 0.3) is 0 Å². The summed E-state index contributed by atoms with van der Waals surface area (Å²) in [6.07, 6.45) is 35.7. The smallest absolute Gasteiger partial charge is 0.0312 e. The van der Waals surface area contributed by atoms with Crippen LogP contribution in [0.3, 0.4) is 0 Å². The molecule has 49 heavy (non-hydrogen) atoms. The summed E-state index contributed by atoms with van der Waals surface area (Å²) in [6.45, 7) is 37.0. The molecule has 1 fully saturated rings. The summed E-state index contributed by atoms with van der Waals surface area (Å²) in [5, 5.41) is 0. The molecule has 271 valence electrons. The maximum absolute atomic E-state index is 10.7. The molecule has 0 spiro atoms. The number of benzene rings is 1. The average molecular weight is 747 g/mol. The van der Waals surface area contributed by atoms with Crippen molar-refractivity contribution in [3.63, 3.8) is 0 Å². The van der Waals surface area contributed by atoms with Crippen molar-refractivity contribution >= 4 is 7.81 Å². The van der Waals surface area contributed by atoms with E-state index in [1.165, 1.54) is 16.7 Å². The molecule has 0 atom stereocenters. The van der Waals surface area contributed by atoms with Crippen LogP contribution in [-0.2, 0) is 33.3 Å². The fraction of sp³-hybridized carbons (Fsp3) is 0.293. The van der Waals surface area contributed by atoms with Crippen LogP contribution in [0.1, 0.15) is 74.5 Å². The Hall–Kier alpha value is -2.59. The Kier molecular flexibility index (Phi) is 20.7. The van der Waals surface area contributed by atoms with Gasteiger partial charge in [0.1, 0.15) is 0 Å². The van der Waals surface area contributed by atoms with E-state index >= 15 is 0 Å². The Bertz CT molecular complexity index is 1020. The molecule has 5 radical (unpaired) electrons. The minimum absolute atomic E-state index is 0. The summed E-state index contributed by atoms with van der Waals surface area (Å²) in [6, 6.07) is 7.20. The summed E-state index contributed by atoms with van der Waals surface area (Å²) in [5.74, 6) is 0. The first-order valence-electron chi connectivity index (χ1n) is 15.7. The van der Waals surface area contributed by atoms with Crippen molar-refractivity contribution in [1.29, 1.82) is 0 Å². The molecule has 0 unspecified atom stereocenters. The maximum Gasteiger partial charge on any atom is 2.00 e. The zero-order valence-electron chi connectivity index (χ0n) is 28.6. The summed E-state index contributed by atoms with van der Waals surface area (Å²) in [5.41, 5.74) is 3.37. The van der Waals surface area contributed by atoms with E-state index in [1.54, 1.807) is 0 Å². The van der Waals surface area contributed by atoms with Gasteiger partial charge in [0.05, 0.1) is 0 Å². The first-order valence-corrected chi connectivity index (χ1v) is 17.7. The molecule has 0 N–H and O–H groups in total. The van der Waals surface area contributed by atoms with E-state index in [9.17, 15) is 25.2 Å². The SMILES string of the molecule is C=CCC(CC=C)(CC=C)c1cc(C(CC=C)(CC=C)CC=C)cc(C(CC=C)(CC=C)CC=C)c1.F[P-](F)(F)(F)(F)F.[CH]1[CH][CH][CH][CH]1.[Fe+2]. The van der Waals surface area contributed by atoms with Crippen molar-refractivity contribution in [3.8, 4) is 0 Å². The second kappa shape index (κ2) is 20.9. The van der Waals surface area contributed by atoms with Gasteiger partial charge in [0.15, 0.2) is 0 Å². The molecule has 1 aromatic carbocycles. The second-order valence-electron chi connectivity index (χ2n) is 12.0. The van der Waals surface area contributed by atoms with Crippen LogP contribution in [0, 0.1) is 32.1 Å². The van der Waals surface area contributed by atoms with Gasteiger partial charge < -0.3 is 0 Å². The van der Waals surface area contributed by atoms with Crippen molar-refractivity contribution in [2.45, 2.75) is 74.0 Å². The molecule has 1 aliphatic carbocycles. The molecule has 0 aromatic heterocycles. The molecule has 2 rings (SSSR count).